The molecule has 166 valence electrons. The van der Waals surface area contributed by atoms with Crippen LogP contribution in [0.1, 0.15) is 40.5 Å². The van der Waals surface area contributed by atoms with Crippen molar-refractivity contribution in [2.24, 2.45) is 0 Å². The van der Waals surface area contributed by atoms with E-state index in [1.807, 2.05) is 61.5 Å². The molecule has 2 aromatic carbocycles. The molecule has 1 aromatic heterocycles. The van der Waals surface area contributed by atoms with Gasteiger partial charge in [-0.2, -0.15) is 0 Å². The summed E-state index contributed by atoms with van der Waals surface area (Å²) in [7, 11) is 0. The summed E-state index contributed by atoms with van der Waals surface area (Å²) in [5, 5.41) is 15.2. The van der Waals surface area contributed by atoms with Crippen molar-refractivity contribution in [1.29, 1.82) is 0 Å². The number of piperidine rings is 1. The number of anilines is 2. The van der Waals surface area contributed by atoms with Crippen LogP contribution in [0.2, 0.25) is 0 Å². The Labute approximate surface area is 190 Å². The molecule has 0 bridgehead atoms. The van der Waals surface area contributed by atoms with Crippen LogP contribution in [0.3, 0.4) is 0 Å². The second-order valence-electron chi connectivity index (χ2n) is 7.44. The molecule has 3 amide bonds. The number of para-hydroxylation sites is 1. The normalized spacial score (nSPS) is 15.8. The monoisotopic (exact) mass is 451 g/mol. The van der Waals surface area contributed by atoms with Gasteiger partial charge in [0.25, 0.3) is 5.91 Å². The van der Waals surface area contributed by atoms with E-state index in [1.165, 1.54) is 11.3 Å². The second-order valence-corrected chi connectivity index (χ2v) is 8.45. The minimum absolute atomic E-state index is 0.0607. The first-order valence-electron chi connectivity index (χ1n) is 10.6. The first-order chi connectivity index (χ1) is 15.6. The van der Waals surface area contributed by atoms with E-state index < -0.39 is 0 Å². The molecule has 4 rings (SSSR count). The molecule has 1 fully saturated rings. The fraction of sp³-hybridized carbons (Fsp3) is 0.304. The fourth-order valence-electron chi connectivity index (χ4n) is 3.56. The van der Waals surface area contributed by atoms with E-state index in [1.54, 1.807) is 4.90 Å². The van der Waals surface area contributed by atoms with Crippen LogP contribution in [0.25, 0.3) is 0 Å². The molecule has 2 heterocycles. The van der Waals surface area contributed by atoms with Crippen molar-refractivity contribution < 1.29 is 14.3 Å². The van der Waals surface area contributed by atoms with Gasteiger partial charge >= 0.3 is 6.03 Å². The van der Waals surface area contributed by atoms with Crippen LogP contribution >= 0.6 is 11.3 Å². The van der Waals surface area contributed by atoms with Gasteiger partial charge in [0.05, 0.1) is 6.61 Å². The Balaban J connectivity index is 1.35. The smallest absolute Gasteiger partial charge is 0.321 e. The molecule has 0 unspecified atom stereocenters. The van der Waals surface area contributed by atoms with Crippen LogP contribution in [-0.4, -0.2) is 46.7 Å². The summed E-state index contributed by atoms with van der Waals surface area (Å²) < 4.78 is 5.43. The topological polar surface area (TPSA) is 96.4 Å². The van der Waals surface area contributed by atoms with Gasteiger partial charge < -0.3 is 20.3 Å². The quantitative estimate of drug-likeness (QED) is 0.571. The van der Waals surface area contributed by atoms with Crippen molar-refractivity contribution in [3.63, 3.8) is 0 Å². The van der Waals surface area contributed by atoms with Crippen molar-refractivity contribution in [2.75, 3.05) is 30.3 Å². The Morgan fingerprint density at radius 3 is 2.56 bits per heavy atom. The van der Waals surface area contributed by atoms with E-state index in [9.17, 15) is 9.59 Å². The predicted molar refractivity (Wildman–Crippen MR) is 124 cm³/mol. The van der Waals surface area contributed by atoms with Gasteiger partial charge in [-0.05, 0) is 56.2 Å². The van der Waals surface area contributed by atoms with Crippen LogP contribution in [0.15, 0.2) is 54.6 Å². The summed E-state index contributed by atoms with van der Waals surface area (Å²) in [6.45, 7) is 3.75. The number of aromatic nitrogens is 2. The number of urea groups is 1. The number of carbonyl (C=O) groups excluding carboxylic acids is 2. The standard InChI is InChI=1S/C23H25N5O3S/c1-2-31-19-12-10-18(11-13-19)25-23(30)28-14-6-7-16(15-28)21-26-27-22(32-21)20(29)24-17-8-4-3-5-9-17/h3-5,8-13,16H,2,6-7,14-15H2,1H3,(H,24,29)(H,25,30)/t16-/m0/s1. The highest BCUT2D eigenvalue weighted by molar-refractivity contribution is 7.13. The zero-order valence-corrected chi connectivity index (χ0v) is 18.6. The summed E-state index contributed by atoms with van der Waals surface area (Å²) in [6, 6.07) is 16.4. The molecule has 8 nitrogen and oxygen atoms in total. The van der Waals surface area contributed by atoms with Gasteiger partial charge in [0, 0.05) is 30.4 Å². The highest BCUT2D eigenvalue weighted by Crippen LogP contribution is 2.30. The van der Waals surface area contributed by atoms with Crippen LogP contribution in [0.4, 0.5) is 16.2 Å². The molecule has 1 atom stereocenters. The SMILES string of the molecule is CCOc1ccc(NC(=O)N2CCC[C@H](c3nnc(C(=O)Nc4ccccc4)s3)C2)cc1. The minimum Gasteiger partial charge on any atom is -0.494 e. The number of carbonyl (C=O) groups is 2. The molecule has 9 heteroatoms. The number of hydrogen-bond acceptors (Lipinski definition) is 6. The van der Waals surface area contributed by atoms with Crippen LogP contribution in [0.5, 0.6) is 5.75 Å². The Kier molecular flexibility index (Phi) is 6.96. The molecule has 0 radical (unpaired) electrons. The number of amides is 3. The third-order valence-corrected chi connectivity index (χ3v) is 6.23. The maximum Gasteiger partial charge on any atom is 0.321 e. The number of benzene rings is 2. The lowest BCUT2D eigenvalue weighted by molar-refractivity contribution is 0.102. The Hall–Kier alpha value is -3.46. The average Bonchev–Trinajstić information content (AvgIpc) is 3.32. The predicted octanol–water partition coefficient (Wildman–Crippen LogP) is 4.60. The number of rotatable bonds is 6. The molecule has 0 spiro atoms. The molecule has 0 saturated carbocycles. The van der Waals surface area contributed by atoms with E-state index in [0.717, 1.165) is 29.3 Å². The van der Waals surface area contributed by atoms with E-state index in [0.29, 0.717) is 30.4 Å². The van der Waals surface area contributed by atoms with E-state index in [2.05, 4.69) is 20.8 Å². The summed E-state index contributed by atoms with van der Waals surface area (Å²) in [5.74, 6) is 0.554. The molecule has 1 aliphatic heterocycles. The number of ether oxygens (including phenoxy) is 1. The molecule has 3 aromatic rings. The molecular formula is C23H25N5O3S. The maximum atomic E-state index is 12.8. The first-order valence-corrected chi connectivity index (χ1v) is 11.4. The minimum atomic E-state index is -0.277. The lowest BCUT2D eigenvalue weighted by Crippen LogP contribution is -2.41. The fourth-order valence-corrected chi connectivity index (χ4v) is 4.43. The molecule has 32 heavy (non-hydrogen) atoms. The van der Waals surface area contributed by atoms with E-state index in [-0.39, 0.29) is 17.9 Å². The lowest BCUT2D eigenvalue weighted by atomic mass is 9.99. The zero-order chi connectivity index (χ0) is 22.3. The highest BCUT2D eigenvalue weighted by Gasteiger charge is 2.28. The van der Waals surface area contributed by atoms with Crippen molar-refractivity contribution in [3.8, 4) is 5.75 Å². The van der Waals surface area contributed by atoms with E-state index >= 15 is 0 Å². The summed E-state index contributed by atoms with van der Waals surface area (Å²) in [6.07, 6.45) is 1.77. The Morgan fingerprint density at radius 2 is 1.81 bits per heavy atom. The molecule has 1 aliphatic rings. The van der Waals surface area contributed by atoms with Gasteiger partial charge in [-0.15, -0.1) is 10.2 Å². The van der Waals surface area contributed by atoms with Crippen molar-refractivity contribution >= 4 is 34.6 Å². The second kappa shape index (κ2) is 10.2. The van der Waals surface area contributed by atoms with Crippen LogP contribution in [0, 0.1) is 0 Å². The summed E-state index contributed by atoms with van der Waals surface area (Å²) in [4.78, 5) is 27.0. The molecule has 1 saturated heterocycles. The Morgan fingerprint density at radius 1 is 1.06 bits per heavy atom. The van der Waals surface area contributed by atoms with Crippen LogP contribution in [-0.2, 0) is 0 Å². The first kappa shape index (κ1) is 21.8. The van der Waals surface area contributed by atoms with Gasteiger partial charge in [0.1, 0.15) is 10.8 Å². The van der Waals surface area contributed by atoms with Gasteiger partial charge in [-0.25, -0.2) is 4.79 Å². The van der Waals surface area contributed by atoms with Crippen molar-refractivity contribution in [2.45, 2.75) is 25.7 Å². The lowest BCUT2D eigenvalue weighted by Gasteiger charge is -2.31. The number of nitrogens with zero attached hydrogens (tertiary/aromatic N) is 3. The third-order valence-electron chi connectivity index (χ3n) is 5.14. The zero-order valence-electron chi connectivity index (χ0n) is 17.8. The third kappa shape index (κ3) is 5.42. The van der Waals surface area contributed by atoms with Gasteiger partial charge in [0.15, 0.2) is 0 Å². The van der Waals surface area contributed by atoms with Crippen molar-refractivity contribution in [1.82, 2.24) is 15.1 Å². The Bertz CT molecular complexity index is 1060. The molecular weight excluding hydrogens is 426 g/mol. The average molecular weight is 452 g/mol. The molecule has 2 N–H and O–H groups in total. The van der Waals surface area contributed by atoms with Gasteiger partial charge in [-0.1, -0.05) is 29.5 Å². The van der Waals surface area contributed by atoms with Gasteiger partial charge in [0.2, 0.25) is 5.01 Å². The van der Waals surface area contributed by atoms with E-state index in [4.69, 9.17) is 4.74 Å². The molecule has 0 aliphatic carbocycles. The van der Waals surface area contributed by atoms with Crippen molar-refractivity contribution in [3.05, 3.63) is 64.6 Å². The largest absolute Gasteiger partial charge is 0.494 e. The summed E-state index contributed by atoms with van der Waals surface area (Å²) in [5.41, 5.74) is 1.43. The highest BCUT2D eigenvalue weighted by atomic mass is 32.1. The number of nitrogens with one attached hydrogen (secondary N) is 2. The number of hydrogen-bond donors (Lipinski definition) is 2. The van der Waals surface area contributed by atoms with Gasteiger partial charge in [-0.3, -0.25) is 4.79 Å². The van der Waals surface area contributed by atoms with Crippen LogP contribution < -0.4 is 15.4 Å². The maximum absolute atomic E-state index is 12.8. The summed E-state index contributed by atoms with van der Waals surface area (Å²) >= 11 is 1.28. The number of likely N-dealkylation sites (tertiary alicyclic amines) is 1.